The van der Waals surface area contributed by atoms with E-state index in [-0.39, 0.29) is 39.4 Å². The molecule has 0 fully saturated rings. The Morgan fingerprint density at radius 3 is 2.12 bits per heavy atom. The molecule has 222 valence electrons. The van der Waals surface area contributed by atoms with E-state index in [9.17, 15) is 26.4 Å². The van der Waals surface area contributed by atoms with E-state index in [0.29, 0.717) is 21.5 Å². The molecule has 0 bridgehead atoms. The van der Waals surface area contributed by atoms with Crippen LogP contribution in [0.2, 0.25) is 0 Å². The van der Waals surface area contributed by atoms with Crippen LogP contribution >= 0.6 is 0 Å². The minimum Gasteiger partial charge on any atom is -0.322 e. The summed E-state index contributed by atoms with van der Waals surface area (Å²) in [6.07, 6.45) is -3.77. The topological polar surface area (TPSA) is 131 Å². The van der Waals surface area contributed by atoms with Crippen molar-refractivity contribution in [1.82, 2.24) is 24.6 Å². The highest BCUT2D eigenvalue weighted by molar-refractivity contribution is 7.92. The second-order valence-electron chi connectivity index (χ2n) is 10.2. The number of carbonyl (C=O) groups is 1. The molecule has 0 unspecified atom stereocenters. The molecule has 3 heterocycles. The van der Waals surface area contributed by atoms with Gasteiger partial charge in [0, 0.05) is 22.6 Å². The predicted molar refractivity (Wildman–Crippen MR) is 154 cm³/mol. The molecule has 1 amide bonds. The highest BCUT2D eigenvalue weighted by Crippen LogP contribution is 2.33. The van der Waals surface area contributed by atoms with Crippen LogP contribution in [0.1, 0.15) is 52.8 Å². The summed E-state index contributed by atoms with van der Waals surface area (Å²) < 4.78 is 70.5. The van der Waals surface area contributed by atoms with Crippen molar-refractivity contribution in [2.45, 2.75) is 44.7 Å². The van der Waals surface area contributed by atoms with Gasteiger partial charge in [-0.1, -0.05) is 38.1 Å². The Morgan fingerprint density at radius 1 is 0.907 bits per heavy atom. The van der Waals surface area contributed by atoms with E-state index in [1.54, 1.807) is 32.0 Å². The number of aryl methyl sites for hydroxylation is 2. The van der Waals surface area contributed by atoms with Gasteiger partial charge < -0.3 is 5.32 Å². The highest BCUT2D eigenvalue weighted by atomic mass is 32.2. The first kappa shape index (κ1) is 29.6. The number of nitrogens with zero attached hydrogens (tertiary/aromatic N) is 5. The number of fused-ring (bicyclic) bond motifs is 1. The van der Waals surface area contributed by atoms with Crippen LogP contribution in [0, 0.1) is 13.8 Å². The molecule has 0 aliphatic rings. The van der Waals surface area contributed by atoms with E-state index in [0.717, 1.165) is 17.8 Å². The largest absolute Gasteiger partial charge is 0.433 e. The number of amides is 1. The molecular weight excluding hydrogens is 583 g/mol. The van der Waals surface area contributed by atoms with Gasteiger partial charge >= 0.3 is 6.18 Å². The Labute approximate surface area is 245 Å². The Bertz CT molecular complexity index is 1920. The van der Waals surface area contributed by atoms with Crippen LogP contribution in [0.15, 0.2) is 71.8 Å². The number of carbonyl (C=O) groups excluding carboxylic acids is 1. The van der Waals surface area contributed by atoms with Gasteiger partial charge in [0.15, 0.2) is 11.3 Å². The zero-order valence-corrected chi connectivity index (χ0v) is 24.2. The van der Waals surface area contributed by atoms with Gasteiger partial charge in [0.2, 0.25) is 5.95 Å². The monoisotopic (exact) mass is 609 g/mol. The van der Waals surface area contributed by atoms with Crippen molar-refractivity contribution >= 4 is 33.2 Å². The Morgan fingerprint density at radius 2 is 1.53 bits per heavy atom. The lowest BCUT2D eigenvalue weighted by atomic mass is 10.0. The molecule has 0 aliphatic carbocycles. The molecule has 5 aromatic rings. The summed E-state index contributed by atoms with van der Waals surface area (Å²) in [6.45, 7) is 7.42. The quantitative estimate of drug-likeness (QED) is 0.231. The van der Waals surface area contributed by atoms with Crippen LogP contribution in [0.25, 0.3) is 16.9 Å². The van der Waals surface area contributed by atoms with E-state index in [1.165, 1.54) is 24.3 Å². The first-order chi connectivity index (χ1) is 20.2. The van der Waals surface area contributed by atoms with Crippen LogP contribution < -0.4 is 10.0 Å². The summed E-state index contributed by atoms with van der Waals surface area (Å²) in [5.74, 6) is -0.624. The number of alkyl halides is 3. The van der Waals surface area contributed by atoms with Crippen LogP contribution in [-0.2, 0) is 16.2 Å². The van der Waals surface area contributed by atoms with Gasteiger partial charge in [-0.15, -0.1) is 0 Å². The lowest BCUT2D eigenvalue weighted by Gasteiger charge is -2.12. The van der Waals surface area contributed by atoms with E-state index in [1.807, 2.05) is 26.0 Å². The van der Waals surface area contributed by atoms with E-state index >= 15 is 0 Å². The maximum atomic E-state index is 14.0. The van der Waals surface area contributed by atoms with Crippen molar-refractivity contribution in [2.75, 3.05) is 10.0 Å². The molecule has 14 heteroatoms. The maximum Gasteiger partial charge on any atom is 0.433 e. The average molecular weight is 610 g/mol. The average Bonchev–Trinajstić information content (AvgIpc) is 3.35. The van der Waals surface area contributed by atoms with Crippen molar-refractivity contribution < 1.29 is 26.4 Å². The molecular formula is C29H26F3N7O3S. The normalized spacial score (nSPS) is 12.1. The molecule has 0 saturated heterocycles. The number of benzene rings is 2. The zero-order valence-electron chi connectivity index (χ0n) is 23.4. The SMILES string of the molecule is Cc1cc(C)nc(NS(=O)(=O)c2ccc(NC(=O)c3cnn4c(C(F)(F)F)cc(-c5ccc(C(C)C)cc5)nc34)cc2)n1. The molecule has 0 radical (unpaired) electrons. The summed E-state index contributed by atoms with van der Waals surface area (Å²) in [7, 11) is -4.04. The molecule has 0 spiro atoms. The van der Waals surface area contributed by atoms with E-state index in [2.05, 4.69) is 30.1 Å². The molecule has 2 aromatic carbocycles. The zero-order chi connectivity index (χ0) is 31.1. The van der Waals surface area contributed by atoms with E-state index in [4.69, 9.17) is 0 Å². The first-order valence-electron chi connectivity index (χ1n) is 13.0. The Kier molecular flexibility index (Phi) is 7.65. The van der Waals surface area contributed by atoms with Crippen molar-refractivity contribution in [3.63, 3.8) is 0 Å². The second kappa shape index (κ2) is 11.1. The number of rotatable bonds is 7. The summed E-state index contributed by atoms with van der Waals surface area (Å²) in [5.41, 5.74) is 1.29. The Balaban J connectivity index is 1.43. The van der Waals surface area contributed by atoms with E-state index < -0.39 is 27.8 Å². The summed E-state index contributed by atoms with van der Waals surface area (Å²) in [4.78, 5) is 25.5. The van der Waals surface area contributed by atoms with Crippen LogP contribution in [0.3, 0.4) is 0 Å². The highest BCUT2D eigenvalue weighted by Gasteiger charge is 2.36. The van der Waals surface area contributed by atoms with Crippen molar-refractivity contribution in [1.29, 1.82) is 0 Å². The van der Waals surface area contributed by atoms with Gasteiger partial charge in [-0.05, 0) is 61.7 Å². The fourth-order valence-corrected chi connectivity index (χ4v) is 5.32. The number of hydrogen-bond donors (Lipinski definition) is 2. The van der Waals surface area contributed by atoms with Gasteiger partial charge in [-0.25, -0.2) is 32.6 Å². The number of nitrogens with one attached hydrogen (secondary N) is 2. The minimum atomic E-state index is -4.77. The molecule has 5 rings (SSSR count). The van der Waals surface area contributed by atoms with Crippen LogP contribution in [0.4, 0.5) is 24.8 Å². The maximum absolute atomic E-state index is 14.0. The number of anilines is 2. The minimum absolute atomic E-state index is 0.0273. The lowest BCUT2D eigenvalue weighted by molar-refractivity contribution is -0.142. The molecule has 2 N–H and O–H groups in total. The summed E-state index contributed by atoms with van der Waals surface area (Å²) in [6, 6.07) is 14.8. The number of hydrogen-bond acceptors (Lipinski definition) is 7. The number of halogens is 3. The summed E-state index contributed by atoms with van der Waals surface area (Å²) in [5, 5.41) is 6.36. The van der Waals surface area contributed by atoms with Gasteiger partial charge in [0.05, 0.1) is 16.8 Å². The third kappa shape index (κ3) is 6.33. The third-order valence-electron chi connectivity index (χ3n) is 6.51. The fourth-order valence-electron chi connectivity index (χ4n) is 4.38. The lowest BCUT2D eigenvalue weighted by Crippen LogP contribution is -2.17. The van der Waals surface area contributed by atoms with Gasteiger partial charge in [-0.2, -0.15) is 18.3 Å². The smallest absolute Gasteiger partial charge is 0.322 e. The first-order valence-corrected chi connectivity index (χ1v) is 14.5. The van der Waals surface area contributed by atoms with Gasteiger partial charge in [0.1, 0.15) is 5.56 Å². The second-order valence-corrected chi connectivity index (χ2v) is 11.8. The van der Waals surface area contributed by atoms with Gasteiger partial charge in [-0.3, -0.25) is 4.79 Å². The fraction of sp³-hybridized carbons (Fsp3) is 0.207. The number of aromatic nitrogens is 5. The third-order valence-corrected chi connectivity index (χ3v) is 7.85. The predicted octanol–water partition coefficient (Wildman–Crippen LogP) is 6.00. The van der Waals surface area contributed by atoms with Crippen LogP contribution in [-0.4, -0.2) is 38.9 Å². The van der Waals surface area contributed by atoms with Crippen LogP contribution in [0.5, 0.6) is 0 Å². The molecule has 3 aromatic heterocycles. The summed E-state index contributed by atoms with van der Waals surface area (Å²) >= 11 is 0. The molecule has 0 atom stereocenters. The standard InChI is InChI=1S/C29H26F3N7O3S/c1-16(2)19-5-7-20(8-6-19)24-14-25(29(30,31)32)39-26(37-24)23(15-33-39)27(40)36-21-9-11-22(12-10-21)43(41,42)38-28-34-17(3)13-18(4)35-28/h5-16H,1-4H3,(H,36,40)(H,34,35,38). The molecule has 0 aliphatic heterocycles. The van der Waals surface area contributed by atoms with Crippen molar-refractivity contribution in [2.24, 2.45) is 0 Å². The molecule has 10 nitrogen and oxygen atoms in total. The molecule has 0 saturated carbocycles. The van der Waals surface area contributed by atoms with Gasteiger partial charge in [0.25, 0.3) is 15.9 Å². The molecule has 43 heavy (non-hydrogen) atoms. The Hall–Kier alpha value is -4.85. The van der Waals surface area contributed by atoms with Crippen molar-refractivity contribution in [3.05, 3.63) is 95.1 Å². The number of sulfonamides is 1. The van der Waals surface area contributed by atoms with Crippen molar-refractivity contribution in [3.8, 4) is 11.3 Å².